The first-order valence-corrected chi connectivity index (χ1v) is 10.9. The van der Waals surface area contributed by atoms with Crippen LogP contribution in [0.1, 0.15) is 38.1 Å². The van der Waals surface area contributed by atoms with Crippen molar-refractivity contribution in [1.29, 1.82) is 0 Å². The number of thiophene rings is 1. The first kappa shape index (κ1) is 23.1. The second kappa shape index (κ2) is 9.67. The van der Waals surface area contributed by atoms with Gasteiger partial charge in [0.2, 0.25) is 5.91 Å². The lowest BCUT2D eigenvalue weighted by Gasteiger charge is -2.29. The molecule has 0 unspecified atom stereocenters. The number of hydrogen-bond donors (Lipinski definition) is 3. The summed E-state index contributed by atoms with van der Waals surface area (Å²) in [4.78, 5) is 50.2. The molecule has 0 bridgehead atoms. The number of rotatable bonds is 6. The Morgan fingerprint density at radius 3 is 2.61 bits per heavy atom. The van der Waals surface area contributed by atoms with Crippen molar-refractivity contribution >= 4 is 58.2 Å². The summed E-state index contributed by atoms with van der Waals surface area (Å²) >= 11 is 13.9. The molecule has 0 fully saturated rings. The summed E-state index contributed by atoms with van der Waals surface area (Å²) in [6.45, 7) is 1.95. The molecule has 3 rings (SSSR count). The lowest BCUT2D eigenvalue weighted by Crippen LogP contribution is -2.48. The molecule has 164 valence electrons. The van der Waals surface area contributed by atoms with Crippen LogP contribution < -0.4 is 10.6 Å². The highest BCUT2D eigenvalue weighted by Crippen LogP contribution is 2.34. The number of benzene rings is 1. The van der Waals surface area contributed by atoms with Crippen LogP contribution in [0.3, 0.4) is 0 Å². The number of halogens is 2. The van der Waals surface area contributed by atoms with E-state index in [9.17, 15) is 24.3 Å². The van der Waals surface area contributed by atoms with Crippen molar-refractivity contribution < 1.29 is 24.3 Å². The van der Waals surface area contributed by atoms with Crippen LogP contribution >= 0.6 is 34.5 Å². The van der Waals surface area contributed by atoms with Crippen LogP contribution in [0.5, 0.6) is 0 Å². The van der Waals surface area contributed by atoms with Crippen molar-refractivity contribution in [2.75, 3.05) is 13.1 Å². The van der Waals surface area contributed by atoms with E-state index in [1.54, 1.807) is 28.5 Å². The fraction of sp³-hybridized carbons (Fsp3) is 0.300. The zero-order valence-corrected chi connectivity index (χ0v) is 18.7. The van der Waals surface area contributed by atoms with Gasteiger partial charge in [-0.25, -0.2) is 4.79 Å². The van der Waals surface area contributed by atoms with E-state index in [0.29, 0.717) is 30.0 Å². The number of aliphatic carboxylic acids is 1. The van der Waals surface area contributed by atoms with Gasteiger partial charge in [-0.15, -0.1) is 11.3 Å². The standard InChI is InChI=1S/C20H19Cl2N3O5S/c1-10(26)25-5-4-12-11(9-25)7-13(21)16(17(12)22)19(28)24-14(20(29)30)8-23-18(27)15-3-2-6-31-15/h2-3,6-7,14H,4-5,8-9H2,1H3,(H,23,27)(H,24,28)(H,29,30)/t14-/m0/s1. The molecular weight excluding hydrogens is 465 g/mol. The van der Waals surface area contributed by atoms with Gasteiger partial charge in [0, 0.05) is 26.6 Å². The van der Waals surface area contributed by atoms with Crippen molar-refractivity contribution in [2.24, 2.45) is 0 Å². The molecule has 0 saturated carbocycles. The normalized spacial score (nSPS) is 13.8. The molecule has 8 nitrogen and oxygen atoms in total. The summed E-state index contributed by atoms with van der Waals surface area (Å²) in [7, 11) is 0. The van der Waals surface area contributed by atoms with Crippen LogP contribution in [0.15, 0.2) is 23.6 Å². The second-order valence-corrected chi connectivity index (χ2v) is 8.66. The molecule has 1 aliphatic rings. The van der Waals surface area contributed by atoms with Crippen LogP contribution in [0.4, 0.5) is 0 Å². The number of hydrogen-bond acceptors (Lipinski definition) is 5. The van der Waals surface area contributed by atoms with Crippen LogP contribution in [0.25, 0.3) is 0 Å². The Morgan fingerprint density at radius 2 is 2.00 bits per heavy atom. The van der Waals surface area contributed by atoms with Crippen molar-refractivity contribution in [1.82, 2.24) is 15.5 Å². The molecule has 31 heavy (non-hydrogen) atoms. The zero-order chi connectivity index (χ0) is 22.7. The lowest BCUT2D eigenvalue weighted by molar-refractivity contribution is -0.139. The van der Waals surface area contributed by atoms with Gasteiger partial charge in [0.05, 0.1) is 20.5 Å². The van der Waals surface area contributed by atoms with Crippen LogP contribution in [-0.2, 0) is 22.6 Å². The maximum absolute atomic E-state index is 12.8. The van der Waals surface area contributed by atoms with Crippen LogP contribution in [0.2, 0.25) is 10.0 Å². The molecule has 0 aliphatic carbocycles. The second-order valence-electron chi connectivity index (χ2n) is 6.93. The highest BCUT2D eigenvalue weighted by atomic mass is 35.5. The fourth-order valence-corrected chi connectivity index (χ4v) is 4.65. The monoisotopic (exact) mass is 483 g/mol. The number of amides is 3. The third-order valence-electron chi connectivity index (χ3n) is 4.89. The van der Waals surface area contributed by atoms with Crippen LogP contribution in [0, 0.1) is 0 Å². The molecule has 0 saturated heterocycles. The lowest BCUT2D eigenvalue weighted by atomic mass is 9.96. The maximum Gasteiger partial charge on any atom is 0.328 e. The molecule has 11 heteroatoms. The number of carboxylic acids is 1. The summed E-state index contributed by atoms with van der Waals surface area (Å²) in [5.74, 6) is -2.59. The Bertz CT molecular complexity index is 1040. The molecule has 1 aromatic carbocycles. The summed E-state index contributed by atoms with van der Waals surface area (Å²) in [6, 6.07) is 3.49. The van der Waals surface area contributed by atoms with E-state index in [2.05, 4.69) is 10.6 Å². The number of carbonyl (C=O) groups is 4. The molecule has 1 aliphatic heterocycles. The Hall–Kier alpha value is -2.62. The molecule has 2 heterocycles. The number of carboxylic acid groups (broad SMARTS) is 1. The summed E-state index contributed by atoms with van der Waals surface area (Å²) < 4.78 is 0. The van der Waals surface area contributed by atoms with Crippen molar-refractivity contribution in [3.8, 4) is 0 Å². The SMILES string of the molecule is CC(=O)N1CCc2c(cc(Cl)c(C(=O)N[C@@H](CNC(=O)c3cccs3)C(=O)O)c2Cl)C1. The number of fused-ring (bicyclic) bond motifs is 1. The summed E-state index contributed by atoms with van der Waals surface area (Å²) in [5.41, 5.74) is 1.41. The smallest absolute Gasteiger partial charge is 0.328 e. The maximum atomic E-state index is 12.8. The highest BCUT2D eigenvalue weighted by Gasteiger charge is 2.28. The highest BCUT2D eigenvalue weighted by molar-refractivity contribution is 7.12. The molecule has 1 atom stereocenters. The van der Waals surface area contributed by atoms with Gasteiger partial charge in [-0.3, -0.25) is 14.4 Å². The van der Waals surface area contributed by atoms with E-state index in [0.717, 1.165) is 5.56 Å². The van der Waals surface area contributed by atoms with E-state index in [1.165, 1.54) is 18.3 Å². The van der Waals surface area contributed by atoms with Crippen molar-refractivity contribution in [3.63, 3.8) is 0 Å². The van der Waals surface area contributed by atoms with Crippen LogP contribution in [-0.4, -0.2) is 52.8 Å². The minimum absolute atomic E-state index is 0.0332. The molecular formula is C20H19Cl2N3O5S. The quantitative estimate of drug-likeness (QED) is 0.583. The average molecular weight is 484 g/mol. The first-order valence-electron chi connectivity index (χ1n) is 9.29. The van der Waals surface area contributed by atoms with Gasteiger partial charge in [0.1, 0.15) is 6.04 Å². The Labute approximate surface area is 192 Å². The minimum Gasteiger partial charge on any atom is -0.480 e. The van der Waals surface area contributed by atoms with Gasteiger partial charge in [-0.05, 0) is 35.1 Å². The molecule has 3 N–H and O–H groups in total. The van der Waals surface area contributed by atoms with E-state index >= 15 is 0 Å². The molecule has 0 spiro atoms. The van der Waals surface area contributed by atoms with Gasteiger partial charge in [0.25, 0.3) is 11.8 Å². The Morgan fingerprint density at radius 1 is 1.26 bits per heavy atom. The van der Waals surface area contributed by atoms with Crippen molar-refractivity contribution in [2.45, 2.75) is 25.9 Å². The number of nitrogens with zero attached hydrogens (tertiary/aromatic N) is 1. The topological polar surface area (TPSA) is 116 Å². The van der Waals surface area contributed by atoms with Crippen molar-refractivity contribution in [3.05, 3.63) is 55.2 Å². The number of nitrogens with one attached hydrogen (secondary N) is 2. The summed E-state index contributed by atoms with van der Waals surface area (Å²) in [6.07, 6.45) is 0.449. The average Bonchev–Trinajstić information content (AvgIpc) is 3.25. The molecule has 1 aromatic heterocycles. The van der Waals surface area contributed by atoms with E-state index in [1.807, 2.05) is 0 Å². The zero-order valence-electron chi connectivity index (χ0n) is 16.4. The van der Waals surface area contributed by atoms with E-state index in [4.69, 9.17) is 23.2 Å². The third kappa shape index (κ3) is 5.17. The molecule has 2 aromatic rings. The largest absolute Gasteiger partial charge is 0.480 e. The van der Waals surface area contributed by atoms with Gasteiger partial charge >= 0.3 is 5.97 Å². The minimum atomic E-state index is -1.38. The predicted molar refractivity (Wildman–Crippen MR) is 117 cm³/mol. The van der Waals surface area contributed by atoms with Gasteiger partial charge in [-0.2, -0.15) is 0 Å². The Kier molecular flexibility index (Phi) is 7.19. The first-order chi connectivity index (χ1) is 14.7. The van der Waals surface area contributed by atoms with E-state index in [-0.39, 0.29) is 28.1 Å². The predicted octanol–water partition coefficient (Wildman–Crippen LogP) is 2.57. The van der Waals surface area contributed by atoms with Gasteiger partial charge < -0.3 is 20.6 Å². The number of carbonyl (C=O) groups excluding carboxylic acids is 3. The molecule has 3 amide bonds. The van der Waals surface area contributed by atoms with Gasteiger partial charge in [0.15, 0.2) is 0 Å². The van der Waals surface area contributed by atoms with E-state index < -0.39 is 23.8 Å². The fourth-order valence-electron chi connectivity index (χ4n) is 3.25. The Balaban J connectivity index is 1.76. The molecule has 0 radical (unpaired) electrons. The summed E-state index contributed by atoms with van der Waals surface area (Å²) in [5, 5.41) is 16.2. The van der Waals surface area contributed by atoms with Gasteiger partial charge in [-0.1, -0.05) is 29.3 Å². The third-order valence-corrected chi connectivity index (χ3v) is 6.48.